The number of nitrogens with zero attached hydrogens (tertiary/aromatic N) is 2. The van der Waals surface area contributed by atoms with Crippen molar-refractivity contribution in [3.05, 3.63) is 65.2 Å². The number of benzene rings is 2. The molecule has 0 aliphatic carbocycles. The van der Waals surface area contributed by atoms with Gasteiger partial charge in [0.1, 0.15) is 0 Å². The lowest BCUT2D eigenvalue weighted by Crippen LogP contribution is -2.50. The third-order valence-electron chi connectivity index (χ3n) is 4.45. The summed E-state index contributed by atoms with van der Waals surface area (Å²) < 4.78 is 0. The van der Waals surface area contributed by atoms with Crippen LogP contribution in [-0.2, 0) is 4.79 Å². The second-order valence-corrected chi connectivity index (χ2v) is 7.06. The summed E-state index contributed by atoms with van der Waals surface area (Å²) in [5, 5.41) is 6.32. The van der Waals surface area contributed by atoms with E-state index in [1.54, 1.807) is 23.1 Å². The Morgan fingerprint density at radius 1 is 0.929 bits per heavy atom. The number of para-hydroxylation sites is 1. The molecule has 1 aliphatic heterocycles. The van der Waals surface area contributed by atoms with Crippen molar-refractivity contribution in [2.24, 2.45) is 0 Å². The van der Waals surface area contributed by atoms with Gasteiger partial charge in [0.25, 0.3) is 0 Å². The zero-order valence-electron chi connectivity index (χ0n) is 15.1. The molecule has 1 aliphatic rings. The molecule has 8 heteroatoms. The fourth-order valence-electron chi connectivity index (χ4n) is 2.92. The van der Waals surface area contributed by atoms with Gasteiger partial charge in [-0.05, 0) is 42.5 Å². The van der Waals surface area contributed by atoms with E-state index in [0.29, 0.717) is 47.6 Å². The summed E-state index contributed by atoms with van der Waals surface area (Å²) >= 11 is 12.2. The summed E-state index contributed by atoms with van der Waals surface area (Å²) in [5.41, 5.74) is 2.17. The van der Waals surface area contributed by atoms with E-state index in [-0.39, 0.29) is 11.9 Å². The second-order valence-electron chi connectivity index (χ2n) is 6.24. The van der Waals surface area contributed by atoms with Crippen molar-refractivity contribution in [3.63, 3.8) is 0 Å². The molecule has 1 saturated heterocycles. The van der Waals surface area contributed by atoms with Gasteiger partial charge in [-0.3, -0.25) is 4.79 Å². The molecule has 0 saturated carbocycles. The monoisotopic (exact) mass is 418 g/mol. The highest BCUT2D eigenvalue weighted by Crippen LogP contribution is 2.30. The molecule has 1 fully saturated rings. The molecule has 2 aromatic carbocycles. The second kappa shape index (κ2) is 8.99. The Morgan fingerprint density at radius 2 is 1.54 bits per heavy atom. The van der Waals surface area contributed by atoms with Crippen LogP contribution >= 0.6 is 23.2 Å². The molecule has 28 heavy (non-hydrogen) atoms. The Labute approximate surface area is 173 Å². The Bertz CT molecular complexity index is 858. The Morgan fingerprint density at radius 3 is 2.11 bits per heavy atom. The number of piperazine rings is 1. The Balaban J connectivity index is 1.56. The number of anilines is 3. The topological polar surface area (TPSA) is 64.7 Å². The molecule has 0 unspecified atom stereocenters. The van der Waals surface area contributed by atoms with Gasteiger partial charge in [-0.15, -0.1) is 0 Å². The van der Waals surface area contributed by atoms with E-state index < -0.39 is 0 Å². The SMILES string of the molecule is C=CC(=O)Nc1ccc(N2CCN(C(=O)Nc3c(Cl)cccc3Cl)CC2)cc1. The van der Waals surface area contributed by atoms with Crippen molar-refractivity contribution in [1.82, 2.24) is 4.90 Å². The summed E-state index contributed by atoms with van der Waals surface area (Å²) in [5.74, 6) is -0.244. The third kappa shape index (κ3) is 4.77. The van der Waals surface area contributed by atoms with Crippen LogP contribution in [0.25, 0.3) is 0 Å². The number of carbonyl (C=O) groups is 2. The first-order valence-corrected chi connectivity index (χ1v) is 9.52. The van der Waals surface area contributed by atoms with Crippen LogP contribution in [0.2, 0.25) is 10.0 Å². The molecule has 0 spiro atoms. The van der Waals surface area contributed by atoms with Gasteiger partial charge in [-0.25, -0.2) is 4.79 Å². The van der Waals surface area contributed by atoms with E-state index in [1.807, 2.05) is 24.3 Å². The average Bonchev–Trinajstić information content (AvgIpc) is 2.71. The average molecular weight is 419 g/mol. The normalized spacial score (nSPS) is 13.8. The molecule has 0 atom stereocenters. The molecule has 0 bridgehead atoms. The number of urea groups is 1. The van der Waals surface area contributed by atoms with Gasteiger partial charge in [-0.2, -0.15) is 0 Å². The van der Waals surface area contributed by atoms with E-state index in [0.717, 1.165) is 5.69 Å². The number of hydrogen-bond donors (Lipinski definition) is 2. The summed E-state index contributed by atoms with van der Waals surface area (Å²) in [4.78, 5) is 27.8. The van der Waals surface area contributed by atoms with E-state index in [9.17, 15) is 9.59 Å². The standard InChI is InChI=1S/C20H20Cl2N4O2/c1-2-18(27)23-14-6-8-15(9-7-14)25-10-12-26(13-11-25)20(28)24-19-16(21)4-3-5-17(19)22/h2-9H,1,10-13H2,(H,23,27)(H,24,28). The van der Waals surface area contributed by atoms with Crippen LogP contribution in [0, 0.1) is 0 Å². The molecule has 0 radical (unpaired) electrons. The van der Waals surface area contributed by atoms with E-state index in [1.165, 1.54) is 6.08 Å². The van der Waals surface area contributed by atoms with Crippen molar-refractivity contribution < 1.29 is 9.59 Å². The van der Waals surface area contributed by atoms with Crippen molar-refractivity contribution in [1.29, 1.82) is 0 Å². The number of nitrogens with one attached hydrogen (secondary N) is 2. The van der Waals surface area contributed by atoms with Crippen molar-refractivity contribution in [2.45, 2.75) is 0 Å². The van der Waals surface area contributed by atoms with Crippen molar-refractivity contribution >= 4 is 52.2 Å². The van der Waals surface area contributed by atoms with E-state index in [2.05, 4.69) is 22.1 Å². The highest BCUT2D eigenvalue weighted by atomic mass is 35.5. The van der Waals surface area contributed by atoms with Gasteiger partial charge in [0.2, 0.25) is 5.91 Å². The first-order chi connectivity index (χ1) is 13.5. The Hall–Kier alpha value is -2.70. The van der Waals surface area contributed by atoms with Crippen LogP contribution in [0.4, 0.5) is 21.9 Å². The molecule has 0 aromatic heterocycles. The fourth-order valence-corrected chi connectivity index (χ4v) is 3.41. The lowest BCUT2D eigenvalue weighted by atomic mass is 10.2. The molecular weight excluding hydrogens is 399 g/mol. The Kier molecular flexibility index (Phi) is 6.44. The van der Waals surface area contributed by atoms with Crippen molar-refractivity contribution in [2.75, 3.05) is 41.7 Å². The smallest absolute Gasteiger partial charge is 0.322 e. The fraction of sp³-hybridized carbons (Fsp3) is 0.200. The number of amides is 3. The van der Waals surface area contributed by atoms with Crippen LogP contribution in [0.1, 0.15) is 0 Å². The minimum absolute atomic E-state index is 0.225. The molecule has 2 N–H and O–H groups in total. The molecular formula is C20H20Cl2N4O2. The zero-order valence-corrected chi connectivity index (χ0v) is 16.6. The summed E-state index contributed by atoms with van der Waals surface area (Å²) in [7, 11) is 0. The minimum Gasteiger partial charge on any atom is -0.368 e. The lowest BCUT2D eigenvalue weighted by Gasteiger charge is -2.36. The van der Waals surface area contributed by atoms with E-state index >= 15 is 0 Å². The zero-order chi connectivity index (χ0) is 20.1. The van der Waals surface area contributed by atoms with Crippen LogP contribution in [0.3, 0.4) is 0 Å². The molecule has 6 nitrogen and oxygen atoms in total. The molecule has 146 valence electrons. The molecule has 3 amide bonds. The summed E-state index contributed by atoms with van der Waals surface area (Å²) in [6.45, 7) is 5.97. The number of halogens is 2. The highest BCUT2D eigenvalue weighted by molar-refractivity contribution is 6.39. The number of rotatable bonds is 4. The van der Waals surface area contributed by atoms with Gasteiger partial charge in [0.05, 0.1) is 15.7 Å². The molecule has 2 aromatic rings. The molecule has 3 rings (SSSR count). The van der Waals surface area contributed by atoms with Crippen LogP contribution in [-0.4, -0.2) is 43.0 Å². The first kappa shape index (κ1) is 20.0. The van der Waals surface area contributed by atoms with E-state index in [4.69, 9.17) is 23.2 Å². The maximum Gasteiger partial charge on any atom is 0.322 e. The minimum atomic E-state index is -0.244. The lowest BCUT2D eigenvalue weighted by molar-refractivity contribution is -0.111. The van der Waals surface area contributed by atoms with Gasteiger partial charge < -0.3 is 20.4 Å². The number of hydrogen-bond acceptors (Lipinski definition) is 3. The predicted molar refractivity (Wildman–Crippen MR) is 115 cm³/mol. The molecule has 1 heterocycles. The van der Waals surface area contributed by atoms with Crippen molar-refractivity contribution in [3.8, 4) is 0 Å². The van der Waals surface area contributed by atoms with Crippen LogP contribution in [0.5, 0.6) is 0 Å². The number of carbonyl (C=O) groups excluding carboxylic acids is 2. The van der Waals surface area contributed by atoms with Gasteiger partial charge in [-0.1, -0.05) is 35.8 Å². The van der Waals surface area contributed by atoms with Gasteiger partial charge >= 0.3 is 6.03 Å². The summed E-state index contributed by atoms with van der Waals surface area (Å²) in [6.07, 6.45) is 1.23. The summed E-state index contributed by atoms with van der Waals surface area (Å²) in [6, 6.07) is 12.4. The third-order valence-corrected chi connectivity index (χ3v) is 5.08. The first-order valence-electron chi connectivity index (χ1n) is 8.76. The van der Waals surface area contributed by atoms with Crippen LogP contribution < -0.4 is 15.5 Å². The predicted octanol–water partition coefficient (Wildman–Crippen LogP) is 4.47. The van der Waals surface area contributed by atoms with Gasteiger partial charge in [0, 0.05) is 37.6 Å². The maximum atomic E-state index is 12.5. The van der Waals surface area contributed by atoms with Gasteiger partial charge in [0.15, 0.2) is 0 Å². The van der Waals surface area contributed by atoms with Crippen LogP contribution in [0.15, 0.2) is 55.1 Å². The quantitative estimate of drug-likeness (QED) is 0.719. The highest BCUT2D eigenvalue weighted by Gasteiger charge is 2.22. The largest absolute Gasteiger partial charge is 0.368 e. The maximum absolute atomic E-state index is 12.5.